The van der Waals surface area contributed by atoms with Gasteiger partial charge in [0.1, 0.15) is 5.60 Å². The van der Waals surface area contributed by atoms with Crippen LogP contribution in [0.5, 0.6) is 0 Å². The summed E-state index contributed by atoms with van der Waals surface area (Å²) in [4.78, 5) is 12.1. The van der Waals surface area contributed by atoms with Crippen LogP contribution in [0.4, 0.5) is 8.78 Å². The Balaban J connectivity index is 2.02. The summed E-state index contributed by atoms with van der Waals surface area (Å²) in [5.41, 5.74) is 0.620. The number of aliphatic hydroxyl groups is 1. The molecule has 0 saturated carbocycles. The van der Waals surface area contributed by atoms with Crippen molar-refractivity contribution in [1.82, 2.24) is 15.1 Å². The van der Waals surface area contributed by atoms with Crippen molar-refractivity contribution < 1.29 is 18.7 Å². The highest BCUT2D eigenvalue weighted by atomic mass is 19.3. The van der Waals surface area contributed by atoms with Crippen molar-refractivity contribution in [3.8, 4) is 0 Å². The molecular formula is C17H21F2N3O2. The second-order valence-corrected chi connectivity index (χ2v) is 5.96. The van der Waals surface area contributed by atoms with Gasteiger partial charge in [-0.3, -0.25) is 4.79 Å². The molecule has 7 heteroatoms. The molecule has 0 radical (unpaired) electrons. The first-order valence-electron chi connectivity index (χ1n) is 7.59. The van der Waals surface area contributed by atoms with Crippen molar-refractivity contribution in [2.24, 2.45) is 0 Å². The van der Waals surface area contributed by atoms with Gasteiger partial charge >= 0.3 is 6.55 Å². The number of nitrogens with one attached hydrogen (secondary N) is 1. The maximum atomic E-state index is 12.8. The van der Waals surface area contributed by atoms with Gasteiger partial charge in [-0.05, 0) is 26.3 Å². The Bertz CT molecular complexity index is 712. The topological polar surface area (TPSA) is 67.2 Å². The van der Waals surface area contributed by atoms with E-state index in [-0.39, 0.29) is 24.6 Å². The van der Waals surface area contributed by atoms with Gasteiger partial charge in [-0.2, -0.15) is 13.9 Å². The number of alkyl halides is 2. The molecule has 1 unspecified atom stereocenters. The van der Waals surface area contributed by atoms with Crippen LogP contribution in [-0.2, 0) is 16.8 Å². The van der Waals surface area contributed by atoms with Crippen LogP contribution in [0.25, 0.3) is 0 Å². The maximum Gasteiger partial charge on any atom is 0.333 e. The zero-order valence-electron chi connectivity index (χ0n) is 13.9. The first kappa shape index (κ1) is 18.1. The summed E-state index contributed by atoms with van der Waals surface area (Å²) < 4.78 is 26.2. The van der Waals surface area contributed by atoms with Crippen LogP contribution in [0.2, 0.25) is 0 Å². The highest BCUT2D eigenvalue weighted by Crippen LogP contribution is 2.21. The minimum atomic E-state index is -2.74. The van der Waals surface area contributed by atoms with Crippen molar-refractivity contribution in [2.45, 2.75) is 39.3 Å². The SMILES string of the molecule is Cc1nn(C(F)F)c(C)c1CC(=O)NCC(C)(O)c1ccccc1. The van der Waals surface area contributed by atoms with E-state index in [0.29, 0.717) is 21.5 Å². The average molecular weight is 337 g/mol. The third-order valence-corrected chi connectivity index (χ3v) is 4.02. The predicted molar refractivity (Wildman–Crippen MR) is 85.7 cm³/mol. The summed E-state index contributed by atoms with van der Waals surface area (Å²) in [7, 11) is 0. The van der Waals surface area contributed by atoms with Gasteiger partial charge in [0, 0.05) is 11.3 Å². The van der Waals surface area contributed by atoms with Crippen LogP contribution in [0.1, 0.15) is 36.0 Å². The summed E-state index contributed by atoms with van der Waals surface area (Å²) >= 11 is 0. The molecule has 24 heavy (non-hydrogen) atoms. The maximum absolute atomic E-state index is 12.8. The van der Waals surface area contributed by atoms with E-state index in [0.717, 1.165) is 0 Å². The van der Waals surface area contributed by atoms with E-state index < -0.39 is 12.2 Å². The smallest absolute Gasteiger partial charge is 0.333 e. The van der Waals surface area contributed by atoms with E-state index >= 15 is 0 Å². The number of aromatic nitrogens is 2. The van der Waals surface area contributed by atoms with E-state index in [1.54, 1.807) is 38.1 Å². The number of carbonyl (C=O) groups is 1. The fraction of sp³-hybridized carbons (Fsp3) is 0.412. The summed E-state index contributed by atoms with van der Waals surface area (Å²) in [5.74, 6) is -0.355. The van der Waals surface area contributed by atoms with Crippen molar-refractivity contribution in [2.75, 3.05) is 6.54 Å². The molecule has 1 amide bonds. The summed E-state index contributed by atoms with van der Waals surface area (Å²) in [6.07, 6.45) is -0.0603. The normalized spacial score (nSPS) is 13.8. The lowest BCUT2D eigenvalue weighted by Gasteiger charge is -2.24. The number of hydrogen-bond donors (Lipinski definition) is 2. The molecule has 2 aromatic rings. The lowest BCUT2D eigenvalue weighted by Crippen LogP contribution is -2.39. The van der Waals surface area contributed by atoms with Gasteiger partial charge in [0.15, 0.2) is 0 Å². The molecule has 0 bridgehead atoms. The van der Waals surface area contributed by atoms with E-state index in [1.165, 1.54) is 6.92 Å². The molecule has 0 spiro atoms. The average Bonchev–Trinajstić information content (AvgIpc) is 2.82. The van der Waals surface area contributed by atoms with Gasteiger partial charge < -0.3 is 10.4 Å². The molecule has 0 aliphatic heterocycles. The molecule has 5 nitrogen and oxygen atoms in total. The lowest BCUT2D eigenvalue weighted by atomic mass is 9.96. The second kappa shape index (κ2) is 7.09. The Labute approximate surface area is 139 Å². The number of rotatable bonds is 6. The summed E-state index contributed by atoms with van der Waals surface area (Å²) in [6, 6.07) is 8.98. The molecule has 0 saturated heterocycles. The van der Waals surface area contributed by atoms with Crippen LogP contribution in [-0.4, -0.2) is 27.3 Å². The molecule has 1 atom stereocenters. The van der Waals surface area contributed by atoms with Crippen LogP contribution in [0.15, 0.2) is 30.3 Å². The standard InChI is InChI=1S/C17H21F2N3O2/c1-11-14(12(2)22(21-11)16(18)19)9-15(23)20-10-17(3,24)13-7-5-4-6-8-13/h4-8,16,24H,9-10H2,1-3H3,(H,20,23). The van der Waals surface area contributed by atoms with Crippen LogP contribution in [0.3, 0.4) is 0 Å². The zero-order valence-corrected chi connectivity index (χ0v) is 13.9. The van der Waals surface area contributed by atoms with E-state index in [4.69, 9.17) is 0 Å². The minimum absolute atomic E-state index is 0.0247. The Morgan fingerprint density at radius 1 is 1.33 bits per heavy atom. The van der Waals surface area contributed by atoms with E-state index in [2.05, 4.69) is 10.4 Å². The number of hydrogen-bond acceptors (Lipinski definition) is 3. The largest absolute Gasteiger partial charge is 0.384 e. The van der Waals surface area contributed by atoms with Gasteiger partial charge in [-0.25, -0.2) is 4.68 Å². The molecule has 130 valence electrons. The minimum Gasteiger partial charge on any atom is -0.384 e. The highest BCUT2D eigenvalue weighted by Gasteiger charge is 2.24. The summed E-state index contributed by atoms with van der Waals surface area (Å²) in [5, 5.41) is 16.9. The monoisotopic (exact) mass is 337 g/mol. The Kier molecular flexibility index (Phi) is 5.33. The molecule has 0 fully saturated rings. The first-order valence-corrected chi connectivity index (χ1v) is 7.59. The van der Waals surface area contributed by atoms with Crippen molar-refractivity contribution >= 4 is 5.91 Å². The molecule has 2 rings (SSSR count). The van der Waals surface area contributed by atoms with E-state index in [9.17, 15) is 18.7 Å². The quantitative estimate of drug-likeness (QED) is 0.851. The predicted octanol–water partition coefficient (Wildman–Crippen LogP) is 2.46. The van der Waals surface area contributed by atoms with Gasteiger partial charge in [0.25, 0.3) is 0 Å². The zero-order chi connectivity index (χ0) is 17.9. The number of nitrogens with zero attached hydrogens (tertiary/aromatic N) is 2. The molecule has 1 aromatic carbocycles. The van der Waals surface area contributed by atoms with Crippen LogP contribution < -0.4 is 5.32 Å². The van der Waals surface area contributed by atoms with Gasteiger partial charge in [-0.15, -0.1) is 0 Å². The fourth-order valence-corrected chi connectivity index (χ4v) is 2.54. The number of amides is 1. The fourth-order valence-electron chi connectivity index (χ4n) is 2.54. The highest BCUT2D eigenvalue weighted by molar-refractivity contribution is 5.79. The molecule has 0 aliphatic rings. The Morgan fingerprint density at radius 3 is 2.50 bits per heavy atom. The molecule has 2 N–H and O–H groups in total. The molecule has 1 heterocycles. The van der Waals surface area contributed by atoms with Crippen LogP contribution in [0, 0.1) is 13.8 Å². The van der Waals surface area contributed by atoms with Crippen molar-refractivity contribution in [3.05, 3.63) is 52.8 Å². The van der Waals surface area contributed by atoms with Gasteiger partial charge in [0.2, 0.25) is 5.91 Å². The van der Waals surface area contributed by atoms with Gasteiger partial charge in [0.05, 0.1) is 18.7 Å². The van der Waals surface area contributed by atoms with E-state index in [1.807, 2.05) is 6.07 Å². The Hall–Kier alpha value is -2.28. The molecule has 0 aliphatic carbocycles. The van der Waals surface area contributed by atoms with Crippen molar-refractivity contribution in [1.29, 1.82) is 0 Å². The lowest BCUT2D eigenvalue weighted by molar-refractivity contribution is -0.121. The number of halogens is 2. The Morgan fingerprint density at radius 2 is 1.96 bits per heavy atom. The third-order valence-electron chi connectivity index (χ3n) is 4.02. The molecular weight excluding hydrogens is 316 g/mol. The van der Waals surface area contributed by atoms with Crippen molar-refractivity contribution in [3.63, 3.8) is 0 Å². The van der Waals surface area contributed by atoms with Crippen LogP contribution >= 0.6 is 0 Å². The number of carbonyl (C=O) groups excluding carboxylic acids is 1. The molecule has 1 aromatic heterocycles. The first-order chi connectivity index (χ1) is 11.2. The summed E-state index contributed by atoms with van der Waals surface area (Å²) in [6.45, 7) is 1.99. The second-order valence-electron chi connectivity index (χ2n) is 5.96. The van der Waals surface area contributed by atoms with Gasteiger partial charge in [-0.1, -0.05) is 30.3 Å². The number of aryl methyl sites for hydroxylation is 1. The number of benzene rings is 1. The third kappa shape index (κ3) is 3.97.